The van der Waals surface area contributed by atoms with Crippen LogP contribution >= 0.6 is 0 Å². The van der Waals surface area contributed by atoms with Gasteiger partial charge in [-0.2, -0.15) is 5.10 Å². The number of amides is 1. The van der Waals surface area contributed by atoms with Crippen LogP contribution < -0.4 is 11.1 Å². The van der Waals surface area contributed by atoms with Crippen molar-refractivity contribution in [3.63, 3.8) is 0 Å². The van der Waals surface area contributed by atoms with Gasteiger partial charge in [0.05, 0.1) is 12.0 Å². The van der Waals surface area contributed by atoms with E-state index in [2.05, 4.69) is 15.4 Å². The number of nitrogens with zero attached hydrogens (tertiary/aromatic N) is 3. The molecule has 0 aliphatic carbocycles. The van der Waals surface area contributed by atoms with Crippen LogP contribution in [0.2, 0.25) is 0 Å². The van der Waals surface area contributed by atoms with Gasteiger partial charge in [0.25, 0.3) is 0 Å². The summed E-state index contributed by atoms with van der Waals surface area (Å²) in [5.41, 5.74) is 5.09. The molecule has 0 aromatic carbocycles. The van der Waals surface area contributed by atoms with Crippen LogP contribution in [0.4, 0.5) is 0 Å². The quantitative estimate of drug-likeness (QED) is 0.727. The summed E-state index contributed by atoms with van der Waals surface area (Å²) in [6.45, 7) is 4.49. The van der Waals surface area contributed by atoms with E-state index >= 15 is 0 Å². The van der Waals surface area contributed by atoms with Gasteiger partial charge in [-0.1, -0.05) is 6.92 Å². The van der Waals surface area contributed by atoms with Crippen molar-refractivity contribution in [2.75, 3.05) is 6.54 Å². The molecule has 1 unspecified atom stereocenters. The highest BCUT2D eigenvalue weighted by molar-refractivity contribution is 5.82. The topological polar surface area (TPSA) is 85.8 Å². The van der Waals surface area contributed by atoms with Gasteiger partial charge in [-0.15, -0.1) is 0 Å². The fraction of sp³-hybridized carbons (Fsp3) is 0.700. The Bertz CT molecular complexity index is 356. The van der Waals surface area contributed by atoms with Crippen LogP contribution in [-0.4, -0.2) is 27.2 Å². The van der Waals surface area contributed by atoms with Crippen LogP contribution in [0.5, 0.6) is 0 Å². The maximum absolute atomic E-state index is 11.9. The molecule has 90 valence electrons. The smallest absolute Gasteiger partial charge is 0.227 e. The third kappa shape index (κ3) is 2.79. The fourth-order valence-electron chi connectivity index (χ4n) is 1.24. The Balaban J connectivity index is 2.52. The van der Waals surface area contributed by atoms with Crippen LogP contribution in [-0.2, 0) is 18.4 Å². The zero-order valence-corrected chi connectivity index (χ0v) is 10.0. The first-order valence-electron chi connectivity index (χ1n) is 5.34. The Hall–Kier alpha value is -1.43. The summed E-state index contributed by atoms with van der Waals surface area (Å²) in [5, 5.41) is 6.87. The monoisotopic (exact) mass is 225 g/mol. The largest absolute Gasteiger partial charge is 0.348 e. The molecule has 16 heavy (non-hydrogen) atoms. The fourth-order valence-corrected chi connectivity index (χ4v) is 1.24. The molecule has 0 bridgehead atoms. The van der Waals surface area contributed by atoms with Gasteiger partial charge in [-0.3, -0.25) is 9.48 Å². The molecule has 6 heteroatoms. The lowest BCUT2D eigenvalue weighted by Gasteiger charge is -2.24. The molecule has 0 radical (unpaired) electrons. The molecule has 3 N–H and O–H groups in total. The molecule has 0 aliphatic rings. The molecular formula is C10H19N5O. The van der Waals surface area contributed by atoms with E-state index in [4.69, 9.17) is 5.73 Å². The van der Waals surface area contributed by atoms with E-state index in [9.17, 15) is 4.79 Å². The number of rotatable bonds is 5. The average Bonchev–Trinajstić information content (AvgIpc) is 2.70. The maximum Gasteiger partial charge on any atom is 0.227 e. The molecular weight excluding hydrogens is 206 g/mol. The first-order chi connectivity index (χ1) is 7.51. The van der Waals surface area contributed by atoms with E-state index in [1.165, 1.54) is 0 Å². The SMILES string of the molecule is CCC(C)(CN)C(=O)NCc1ncn(C)n1. The molecule has 1 heterocycles. The molecule has 1 amide bonds. The van der Waals surface area contributed by atoms with Crippen LogP contribution in [0, 0.1) is 5.41 Å². The van der Waals surface area contributed by atoms with Crippen molar-refractivity contribution < 1.29 is 4.79 Å². The lowest BCUT2D eigenvalue weighted by Crippen LogP contribution is -2.43. The highest BCUT2D eigenvalue weighted by Crippen LogP contribution is 2.18. The third-order valence-corrected chi connectivity index (χ3v) is 2.83. The number of hydrogen-bond donors (Lipinski definition) is 2. The molecule has 0 saturated heterocycles. The molecule has 6 nitrogen and oxygen atoms in total. The molecule has 1 rings (SSSR count). The standard InChI is InChI=1S/C10H19N5O/c1-4-10(2,6-11)9(16)12-5-8-13-7-15(3)14-8/h7H,4-6,11H2,1-3H3,(H,12,16). The minimum absolute atomic E-state index is 0.0510. The van der Waals surface area contributed by atoms with Crippen LogP contribution in [0.15, 0.2) is 6.33 Å². The number of nitrogens with one attached hydrogen (secondary N) is 1. The Kier molecular flexibility index (Phi) is 4.00. The van der Waals surface area contributed by atoms with Gasteiger partial charge in [-0.25, -0.2) is 4.98 Å². The van der Waals surface area contributed by atoms with Gasteiger partial charge < -0.3 is 11.1 Å². The van der Waals surface area contributed by atoms with Crippen molar-refractivity contribution in [2.24, 2.45) is 18.2 Å². The lowest BCUT2D eigenvalue weighted by atomic mass is 9.87. The summed E-state index contributed by atoms with van der Waals surface area (Å²) in [5.74, 6) is 0.552. The number of aromatic nitrogens is 3. The van der Waals surface area contributed by atoms with E-state index in [1.807, 2.05) is 13.8 Å². The molecule has 0 aliphatic heterocycles. The minimum Gasteiger partial charge on any atom is -0.348 e. The van der Waals surface area contributed by atoms with Gasteiger partial charge >= 0.3 is 0 Å². The van der Waals surface area contributed by atoms with Gasteiger partial charge in [0, 0.05) is 13.6 Å². The zero-order valence-electron chi connectivity index (χ0n) is 10.0. The van der Waals surface area contributed by atoms with Crippen molar-refractivity contribution in [3.8, 4) is 0 Å². The first kappa shape index (κ1) is 12.6. The molecule has 1 aromatic heterocycles. The van der Waals surface area contributed by atoms with Crippen LogP contribution in [0.1, 0.15) is 26.1 Å². The Morgan fingerprint density at radius 1 is 1.69 bits per heavy atom. The van der Waals surface area contributed by atoms with Crippen molar-refractivity contribution >= 4 is 5.91 Å². The van der Waals surface area contributed by atoms with Crippen molar-refractivity contribution in [3.05, 3.63) is 12.2 Å². The van der Waals surface area contributed by atoms with Crippen molar-refractivity contribution in [2.45, 2.75) is 26.8 Å². The second-order valence-corrected chi connectivity index (χ2v) is 4.14. The van der Waals surface area contributed by atoms with Crippen molar-refractivity contribution in [1.82, 2.24) is 20.1 Å². The Labute approximate surface area is 95.2 Å². The summed E-state index contributed by atoms with van der Waals surface area (Å²) in [7, 11) is 1.79. The van der Waals surface area contributed by atoms with E-state index in [0.29, 0.717) is 25.3 Å². The summed E-state index contributed by atoms with van der Waals surface area (Å²) in [4.78, 5) is 15.9. The van der Waals surface area contributed by atoms with Gasteiger partial charge in [-0.05, 0) is 13.3 Å². The van der Waals surface area contributed by atoms with Crippen LogP contribution in [0.25, 0.3) is 0 Å². The lowest BCUT2D eigenvalue weighted by molar-refractivity contribution is -0.130. The highest BCUT2D eigenvalue weighted by Gasteiger charge is 2.29. The van der Waals surface area contributed by atoms with Gasteiger partial charge in [0.15, 0.2) is 5.82 Å². The predicted molar refractivity (Wildman–Crippen MR) is 60.3 cm³/mol. The molecule has 1 aromatic rings. The van der Waals surface area contributed by atoms with E-state index in [0.717, 1.165) is 0 Å². The number of carbonyl (C=O) groups is 1. The average molecular weight is 225 g/mol. The maximum atomic E-state index is 11.9. The van der Waals surface area contributed by atoms with Crippen molar-refractivity contribution in [1.29, 1.82) is 0 Å². The summed E-state index contributed by atoms with van der Waals surface area (Å²) >= 11 is 0. The molecule has 0 spiro atoms. The van der Waals surface area contributed by atoms with E-state index < -0.39 is 5.41 Å². The number of aryl methyl sites for hydroxylation is 1. The predicted octanol–water partition coefficient (Wildman–Crippen LogP) is -0.194. The summed E-state index contributed by atoms with van der Waals surface area (Å²) in [6.07, 6.45) is 2.31. The zero-order chi connectivity index (χ0) is 12.2. The molecule has 1 atom stereocenters. The normalized spacial score (nSPS) is 14.5. The van der Waals surface area contributed by atoms with Crippen LogP contribution in [0.3, 0.4) is 0 Å². The highest BCUT2D eigenvalue weighted by atomic mass is 16.2. The number of carbonyl (C=O) groups excluding carboxylic acids is 1. The molecule has 0 fully saturated rings. The van der Waals surface area contributed by atoms with Gasteiger partial charge in [0.1, 0.15) is 6.33 Å². The number of nitrogens with two attached hydrogens (primary N) is 1. The molecule has 0 saturated carbocycles. The Morgan fingerprint density at radius 2 is 2.38 bits per heavy atom. The van der Waals surface area contributed by atoms with E-state index in [-0.39, 0.29) is 5.91 Å². The van der Waals surface area contributed by atoms with E-state index in [1.54, 1.807) is 18.1 Å². The number of hydrogen-bond acceptors (Lipinski definition) is 4. The minimum atomic E-state index is -0.505. The Morgan fingerprint density at radius 3 is 2.81 bits per heavy atom. The summed E-state index contributed by atoms with van der Waals surface area (Å²) < 4.78 is 1.60. The third-order valence-electron chi connectivity index (χ3n) is 2.83. The first-order valence-corrected chi connectivity index (χ1v) is 5.34. The summed E-state index contributed by atoms with van der Waals surface area (Å²) in [6, 6.07) is 0. The second kappa shape index (κ2) is 5.07. The second-order valence-electron chi connectivity index (χ2n) is 4.14. The van der Waals surface area contributed by atoms with Gasteiger partial charge in [0.2, 0.25) is 5.91 Å².